The lowest BCUT2D eigenvalue weighted by Gasteiger charge is -2.15. The molecule has 1 aromatic heterocycles. The molecule has 0 aliphatic rings. The number of rotatable bonds is 6. The van der Waals surface area contributed by atoms with E-state index in [0.717, 1.165) is 18.8 Å². The smallest absolute Gasteiger partial charge is 0.166 e. The summed E-state index contributed by atoms with van der Waals surface area (Å²) in [4.78, 5) is 4.24. The quantitative estimate of drug-likeness (QED) is 0.724. The predicted octanol–water partition coefficient (Wildman–Crippen LogP) is 0.462. The van der Waals surface area contributed by atoms with Gasteiger partial charge in [-0.2, -0.15) is 0 Å². The molecule has 1 rings (SSSR count). The first-order valence-electron chi connectivity index (χ1n) is 5.63. The normalized spacial score (nSPS) is 12.2. The van der Waals surface area contributed by atoms with Crippen molar-refractivity contribution < 1.29 is 4.74 Å². The number of aryl methyl sites for hydroxylation is 1. The van der Waals surface area contributed by atoms with Gasteiger partial charge in [0.1, 0.15) is 5.82 Å². The Morgan fingerprint density at radius 3 is 3.00 bits per heavy atom. The van der Waals surface area contributed by atoms with E-state index >= 15 is 0 Å². The molecular formula is C11H20N4OS. The van der Waals surface area contributed by atoms with Gasteiger partial charge in [-0.15, -0.1) is 0 Å². The Bertz CT molecular complexity index is 353. The highest BCUT2D eigenvalue weighted by Crippen LogP contribution is 1.94. The van der Waals surface area contributed by atoms with Gasteiger partial charge in [-0.25, -0.2) is 4.98 Å². The van der Waals surface area contributed by atoms with E-state index in [1.54, 1.807) is 13.3 Å². The van der Waals surface area contributed by atoms with Gasteiger partial charge in [-0.3, -0.25) is 0 Å². The first-order valence-corrected chi connectivity index (χ1v) is 6.03. The summed E-state index contributed by atoms with van der Waals surface area (Å²) < 4.78 is 7.03. The third-order valence-corrected chi connectivity index (χ3v) is 2.61. The van der Waals surface area contributed by atoms with Gasteiger partial charge >= 0.3 is 0 Å². The van der Waals surface area contributed by atoms with Crippen molar-refractivity contribution in [2.45, 2.75) is 19.4 Å². The third kappa shape index (κ3) is 5.14. The Labute approximate surface area is 108 Å². The summed E-state index contributed by atoms with van der Waals surface area (Å²) in [6.07, 6.45) is 4.59. The van der Waals surface area contributed by atoms with Crippen LogP contribution in [-0.2, 0) is 18.2 Å². The van der Waals surface area contributed by atoms with Crippen molar-refractivity contribution in [1.82, 2.24) is 20.2 Å². The van der Waals surface area contributed by atoms with Gasteiger partial charge in [-0.05, 0) is 19.1 Å². The highest BCUT2D eigenvalue weighted by molar-refractivity contribution is 7.80. The fraction of sp³-hybridized carbons (Fsp3) is 0.636. The maximum Gasteiger partial charge on any atom is 0.166 e. The molecule has 0 radical (unpaired) electrons. The number of methoxy groups -OCH3 is 1. The molecule has 1 heterocycles. The van der Waals surface area contributed by atoms with Crippen molar-refractivity contribution in [3.8, 4) is 0 Å². The SMILES string of the molecule is COCC(C)NC(=S)NCCc1nccn1C. The summed E-state index contributed by atoms with van der Waals surface area (Å²) in [5.74, 6) is 1.05. The number of aromatic nitrogens is 2. The fourth-order valence-corrected chi connectivity index (χ4v) is 1.79. The van der Waals surface area contributed by atoms with Crippen LogP contribution in [0.5, 0.6) is 0 Å². The lowest BCUT2D eigenvalue weighted by molar-refractivity contribution is 0.179. The van der Waals surface area contributed by atoms with E-state index < -0.39 is 0 Å². The average Bonchev–Trinajstić information content (AvgIpc) is 2.64. The van der Waals surface area contributed by atoms with Crippen molar-refractivity contribution in [1.29, 1.82) is 0 Å². The molecule has 0 aromatic carbocycles. The van der Waals surface area contributed by atoms with Crippen molar-refractivity contribution in [3.63, 3.8) is 0 Å². The lowest BCUT2D eigenvalue weighted by Crippen LogP contribution is -2.43. The van der Waals surface area contributed by atoms with Gasteiger partial charge < -0.3 is 19.9 Å². The highest BCUT2D eigenvalue weighted by Gasteiger charge is 2.03. The number of hydrogen-bond donors (Lipinski definition) is 2. The summed E-state index contributed by atoms with van der Waals surface area (Å²) in [5.41, 5.74) is 0. The topological polar surface area (TPSA) is 51.1 Å². The summed E-state index contributed by atoms with van der Waals surface area (Å²) in [5, 5.41) is 6.95. The van der Waals surface area contributed by atoms with Crippen LogP contribution in [0.15, 0.2) is 12.4 Å². The Balaban J connectivity index is 2.18. The molecule has 1 aromatic rings. The number of nitrogens with zero attached hydrogens (tertiary/aromatic N) is 2. The van der Waals surface area contributed by atoms with Crippen LogP contribution in [0.1, 0.15) is 12.7 Å². The zero-order chi connectivity index (χ0) is 12.7. The first kappa shape index (κ1) is 13.9. The zero-order valence-corrected chi connectivity index (χ0v) is 11.4. The maximum atomic E-state index is 5.17. The zero-order valence-electron chi connectivity index (χ0n) is 10.6. The minimum absolute atomic E-state index is 0.216. The Morgan fingerprint density at radius 2 is 2.41 bits per heavy atom. The average molecular weight is 256 g/mol. The minimum atomic E-state index is 0.216. The van der Waals surface area contributed by atoms with E-state index in [9.17, 15) is 0 Å². The van der Waals surface area contributed by atoms with Crippen LogP contribution in [0.3, 0.4) is 0 Å². The molecular weight excluding hydrogens is 236 g/mol. The third-order valence-electron chi connectivity index (χ3n) is 2.35. The Morgan fingerprint density at radius 1 is 1.65 bits per heavy atom. The summed E-state index contributed by atoms with van der Waals surface area (Å²) in [7, 11) is 3.66. The van der Waals surface area contributed by atoms with Gasteiger partial charge in [-0.1, -0.05) is 0 Å². The van der Waals surface area contributed by atoms with Crippen LogP contribution in [0.4, 0.5) is 0 Å². The molecule has 6 heteroatoms. The molecule has 0 saturated heterocycles. The fourth-order valence-electron chi connectivity index (χ4n) is 1.49. The molecule has 1 atom stereocenters. The van der Waals surface area contributed by atoms with E-state index in [1.807, 2.05) is 24.7 Å². The molecule has 0 aliphatic heterocycles. The number of imidazole rings is 1. The van der Waals surface area contributed by atoms with Gasteiger partial charge in [0, 0.05) is 45.6 Å². The molecule has 0 spiro atoms. The van der Waals surface area contributed by atoms with E-state index in [-0.39, 0.29) is 6.04 Å². The molecule has 5 nitrogen and oxygen atoms in total. The lowest BCUT2D eigenvalue weighted by atomic mass is 10.4. The largest absolute Gasteiger partial charge is 0.383 e. The van der Waals surface area contributed by atoms with Crippen LogP contribution in [0.2, 0.25) is 0 Å². The number of ether oxygens (including phenoxy) is 1. The van der Waals surface area contributed by atoms with Crippen molar-refractivity contribution in [2.24, 2.45) is 7.05 Å². The van der Waals surface area contributed by atoms with Crippen LogP contribution in [-0.4, -0.2) is 41.0 Å². The summed E-state index contributed by atoms with van der Waals surface area (Å²) >= 11 is 5.17. The minimum Gasteiger partial charge on any atom is -0.383 e. The van der Waals surface area contributed by atoms with Gasteiger partial charge in [0.05, 0.1) is 6.61 Å². The summed E-state index contributed by atoms with van der Waals surface area (Å²) in [6, 6.07) is 0.216. The van der Waals surface area contributed by atoms with Crippen LogP contribution >= 0.6 is 12.2 Å². The van der Waals surface area contributed by atoms with Crippen LogP contribution < -0.4 is 10.6 Å². The maximum absolute atomic E-state index is 5.17. The van der Waals surface area contributed by atoms with Gasteiger partial charge in [0.25, 0.3) is 0 Å². The van der Waals surface area contributed by atoms with Crippen LogP contribution in [0.25, 0.3) is 0 Å². The molecule has 0 bridgehead atoms. The standard InChI is InChI=1S/C11H20N4OS/c1-9(8-16-3)14-11(17)13-5-4-10-12-6-7-15(10)2/h6-7,9H,4-5,8H2,1-3H3,(H2,13,14,17). The molecule has 1 unspecified atom stereocenters. The molecule has 0 amide bonds. The second kappa shape index (κ2) is 7.24. The molecule has 0 aliphatic carbocycles. The summed E-state index contributed by atoms with van der Waals surface area (Å²) in [6.45, 7) is 3.44. The molecule has 2 N–H and O–H groups in total. The van der Waals surface area contributed by atoms with Crippen LogP contribution in [0, 0.1) is 0 Å². The van der Waals surface area contributed by atoms with Gasteiger partial charge in [0.2, 0.25) is 0 Å². The number of thiocarbonyl (C=S) groups is 1. The van der Waals surface area contributed by atoms with E-state index in [1.165, 1.54) is 0 Å². The second-order valence-electron chi connectivity index (χ2n) is 3.96. The van der Waals surface area contributed by atoms with Crippen molar-refractivity contribution >= 4 is 17.3 Å². The second-order valence-corrected chi connectivity index (χ2v) is 4.37. The van der Waals surface area contributed by atoms with E-state index in [4.69, 9.17) is 17.0 Å². The highest BCUT2D eigenvalue weighted by atomic mass is 32.1. The Kier molecular flexibility index (Phi) is 5.93. The number of nitrogens with one attached hydrogen (secondary N) is 2. The van der Waals surface area contributed by atoms with E-state index in [0.29, 0.717) is 11.7 Å². The van der Waals surface area contributed by atoms with E-state index in [2.05, 4.69) is 15.6 Å². The van der Waals surface area contributed by atoms with Gasteiger partial charge in [0.15, 0.2) is 5.11 Å². The number of hydrogen-bond acceptors (Lipinski definition) is 3. The Hall–Kier alpha value is -1.14. The molecule has 17 heavy (non-hydrogen) atoms. The molecule has 0 fully saturated rings. The first-order chi connectivity index (χ1) is 8.13. The monoisotopic (exact) mass is 256 g/mol. The molecule has 0 saturated carbocycles. The van der Waals surface area contributed by atoms with Crippen molar-refractivity contribution in [3.05, 3.63) is 18.2 Å². The predicted molar refractivity (Wildman–Crippen MR) is 72.0 cm³/mol. The molecule has 96 valence electrons. The van der Waals surface area contributed by atoms with Crippen molar-refractivity contribution in [2.75, 3.05) is 20.3 Å².